The molecule has 2 saturated heterocycles. The van der Waals surface area contributed by atoms with Crippen LogP contribution in [0.4, 0.5) is 17.6 Å². The van der Waals surface area contributed by atoms with Crippen molar-refractivity contribution in [2.24, 2.45) is 11.8 Å². The van der Waals surface area contributed by atoms with E-state index in [1.54, 1.807) is 0 Å². The lowest BCUT2D eigenvalue weighted by Crippen LogP contribution is -2.59. The van der Waals surface area contributed by atoms with E-state index >= 15 is 0 Å². The van der Waals surface area contributed by atoms with Crippen molar-refractivity contribution in [1.82, 2.24) is 10.6 Å². The van der Waals surface area contributed by atoms with Gasteiger partial charge in [-0.25, -0.2) is 22.4 Å². The number of carbonyl (C=O) groups excluding carboxylic acids is 4. The number of aliphatic hydroxyl groups excluding tert-OH is 1. The fourth-order valence-electron chi connectivity index (χ4n) is 4.80. The van der Waals surface area contributed by atoms with Crippen LogP contribution in [0.3, 0.4) is 0 Å². The lowest BCUT2D eigenvalue weighted by atomic mass is 9.92. The normalized spacial score (nSPS) is 26.8. The second kappa shape index (κ2) is 13.6. The number of ether oxygens (including phenoxy) is 3. The zero-order valence-electron chi connectivity index (χ0n) is 23.5. The van der Waals surface area contributed by atoms with E-state index in [9.17, 15) is 47.0 Å². The van der Waals surface area contributed by atoms with Gasteiger partial charge in [-0.1, -0.05) is 12.1 Å². The first-order valence-corrected chi connectivity index (χ1v) is 13.7. The van der Waals surface area contributed by atoms with Gasteiger partial charge in [0.15, 0.2) is 23.3 Å². The van der Waals surface area contributed by atoms with Gasteiger partial charge in [0, 0.05) is 0 Å². The minimum absolute atomic E-state index is 0.0469. The van der Waals surface area contributed by atoms with Crippen molar-refractivity contribution < 1.29 is 61.2 Å². The Morgan fingerprint density at radius 2 is 1.68 bits per heavy atom. The first kappa shape index (κ1) is 32.7. The Morgan fingerprint density at radius 1 is 1.00 bits per heavy atom. The van der Waals surface area contributed by atoms with Crippen molar-refractivity contribution >= 4 is 23.8 Å². The van der Waals surface area contributed by atoms with E-state index in [-0.39, 0.29) is 18.8 Å². The first-order chi connectivity index (χ1) is 20.8. The van der Waals surface area contributed by atoms with Crippen LogP contribution in [0.15, 0.2) is 30.3 Å². The lowest BCUT2D eigenvalue weighted by molar-refractivity contribution is -0.192. The second-order valence-corrected chi connectivity index (χ2v) is 10.7. The van der Waals surface area contributed by atoms with Gasteiger partial charge in [0.25, 0.3) is 5.91 Å². The Kier molecular flexibility index (Phi) is 10.1. The van der Waals surface area contributed by atoms with Crippen LogP contribution in [0.2, 0.25) is 0 Å². The fourth-order valence-corrected chi connectivity index (χ4v) is 4.80. The fraction of sp³-hybridized carbons (Fsp3) is 0.448. The molecule has 2 aliphatic rings. The van der Waals surface area contributed by atoms with Gasteiger partial charge in [0.2, 0.25) is 12.0 Å². The maximum Gasteiger partial charge on any atom is 0.348 e. The molecule has 2 aliphatic heterocycles. The molecule has 4 N–H and O–H groups in total. The van der Waals surface area contributed by atoms with Crippen molar-refractivity contribution in [2.45, 2.75) is 57.1 Å². The van der Waals surface area contributed by atoms with Gasteiger partial charge in [0.1, 0.15) is 17.9 Å². The van der Waals surface area contributed by atoms with Crippen LogP contribution in [0.25, 0.3) is 0 Å². The molecule has 15 heteroatoms. The number of carbonyl (C=O) groups is 4. The number of para-hydroxylation sites is 1. The predicted octanol–water partition coefficient (Wildman–Crippen LogP) is 1.67. The Labute approximate surface area is 248 Å². The summed E-state index contributed by atoms with van der Waals surface area (Å²) in [6, 6.07) is 2.75. The predicted molar refractivity (Wildman–Crippen MR) is 141 cm³/mol. The van der Waals surface area contributed by atoms with Crippen LogP contribution in [0.1, 0.15) is 36.2 Å². The molecule has 0 aromatic heterocycles. The van der Waals surface area contributed by atoms with Gasteiger partial charge in [0.05, 0.1) is 42.8 Å². The number of aryl methyl sites for hydroxylation is 1. The molecule has 4 rings (SSSR count). The van der Waals surface area contributed by atoms with Gasteiger partial charge in [-0.05, 0) is 50.5 Å². The average molecular weight is 627 g/mol. The van der Waals surface area contributed by atoms with E-state index in [0.29, 0.717) is 6.07 Å². The highest BCUT2D eigenvalue weighted by Crippen LogP contribution is 2.26. The van der Waals surface area contributed by atoms with Crippen molar-refractivity contribution in [2.75, 3.05) is 13.2 Å². The number of esters is 2. The molecule has 238 valence electrons. The summed E-state index contributed by atoms with van der Waals surface area (Å²) in [5.41, 5.74) is -0.828. The lowest BCUT2D eigenvalue weighted by Gasteiger charge is -2.36. The number of benzene rings is 2. The van der Waals surface area contributed by atoms with Gasteiger partial charge in [-0.3, -0.25) is 14.4 Å². The smallest absolute Gasteiger partial charge is 0.348 e. The van der Waals surface area contributed by atoms with Crippen molar-refractivity contribution in [1.29, 1.82) is 0 Å². The van der Waals surface area contributed by atoms with Crippen LogP contribution >= 0.6 is 0 Å². The van der Waals surface area contributed by atoms with Crippen molar-refractivity contribution in [3.63, 3.8) is 0 Å². The third-order valence-corrected chi connectivity index (χ3v) is 7.58. The molecule has 2 fully saturated rings. The molecule has 0 radical (unpaired) electrons. The highest BCUT2D eigenvalue weighted by Gasteiger charge is 2.44. The first-order valence-electron chi connectivity index (χ1n) is 13.7. The van der Waals surface area contributed by atoms with Crippen molar-refractivity contribution in [3.8, 4) is 5.75 Å². The number of phenols is 1. The van der Waals surface area contributed by atoms with E-state index in [1.165, 1.54) is 38.1 Å². The molecule has 0 saturated carbocycles. The minimum atomic E-state index is -2.05. The SMILES string of the molecule is C[C@H]1OC(=O)C(C2COC2)OC(=O)[C@H](C)[C@H](O)C(CCc2cc(F)c(F)c(F)c2F)NC(=O)[C@H]1NC(=O)c1ccccc1O. The summed E-state index contributed by atoms with van der Waals surface area (Å²) in [5.74, 6) is -13.9. The molecule has 0 aliphatic carbocycles. The number of hydrogen-bond acceptors (Lipinski definition) is 9. The number of halogens is 4. The highest BCUT2D eigenvalue weighted by molar-refractivity contribution is 5.99. The summed E-state index contributed by atoms with van der Waals surface area (Å²) in [6.07, 6.45) is -5.62. The van der Waals surface area contributed by atoms with Gasteiger partial charge >= 0.3 is 11.9 Å². The van der Waals surface area contributed by atoms with Gasteiger partial charge < -0.3 is 35.1 Å². The van der Waals surface area contributed by atoms with Gasteiger partial charge in [-0.15, -0.1) is 0 Å². The second-order valence-electron chi connectivity index (χ2n) is 10.7. The number of rotatable bonds is 6. The Morgan fingerprint density at radius 3 is 2.32 bits per heavy atom. The zero-order valence-corrected chi connectivity index (χ0v) is 23.5. The van der Waals surface area contributed by atoms with Crippen LogP contribution in [0, 0.1) is 35.1 Å². The van der Waals surface area contributed by atoms with E-state index in [2.05, 4.69) is 10.6 Å². The summed E-state index contributed by atoms with van der Waals surface area (Å²) in [5, 5.41) is 26.0. The summed E-state index contributed by atoms with van der Waals surface area (Å²) >= 11 is 0. The molecule has 2 aromatic carbocycles. The van der Waals surface area contributed by atoms with E-state index in [0.717, 1.165) is 0 Å². The summed E-state index contributed by atoms with van der Waals surface area (Å²) in [7, 11) is 0. The van der Waals surface area contributed by atoms with Gasteiger partial charge in [-0.2, -0.15) is 0 Å². The van der Waals surface area contributed by atoms with E-state index < -0.39 is 113 Å². The molecular formula is C29H30F4N2O9. The summed E-state index contributed by atoms with van der Waals surface area (Å²) in [4.78, 5) is 52.7. The van der Waals surface area contributed by atoms with Crippen LogP contribution in [-0.2, 0) is 35.0 Å². The molecule has 6 atom stereocenters. The molecule has 2 aromatic rings. The number of aliphatic hydroxyl groups is 1. The van der Waals surface area contributed by atoms with E-state index in [4.69, 9.17) is 14.2 Å². The van der Waals surface area contributed by atoms with Crippen LogP contribution < -0.4 is 10.6 Å². The zero-order chi connectivity index (χ0) is 32.3. The Balaban J connectivity index is 1.67. The molecule has 0 spiro atoms. The highest BCUT2D eigenvalue weighted by atomic mass is 19.2. The third kappa shape index (κ3) is 6.94. The minimum Gasteiger partial charge on any atom is -0.507 e. The number of nitrogens with one attached hydrogen (secondary N) is 2. The molecule has 0 bridgehead atoms. The molecule has 2 unspecified atom stereocenters. The number of phenolic OH excluding ortho intramolecular Hbond substituents is 1. The van der Waals surface area contributed by atoms with Crippen LogP contribution in [-0.4, -0.2) is 77.6 Å². The quantitative estimate of drug-likeness (QED) is 0.162. The molecule has 11 nitrogen and oxygen atoms in total. The largest absolute Gasteiger partial charge is 0.507 e. The Hall–Kier alpha value is -4.24. The molecule has 2 heterocycles. The molecule has 2 amide bonds. The Bertz CT molecular complexity index is 1440. The number of amides is 2. The summed E-state index contributed by atoms with van der Waals surface area (Å²) in [6.45, 7) is 2.59. The maximum absolute atomic E-state index is 14.4. The van der Waals surface area contributed by atoms with Crippen LogP contribution in [0.5, 0.6) is 5.75 Å². The third-order valence-electron chi connectivity index (χ3n) is 7.58. The van der Waals surface area contributed by atoms with Crippen molar-refractivity contribution in [3.05, 3.63) is 64.7 Å². The summed E-state index contributed by atoms with van der Waals surface area (Å²) < 4.78 is 71.4. The molecule has 44 heavy (non-hydrogen) atoms. The monoisotopic (exact) mass is 626 g/mol. The maximum atomic E-state index is 14.4. The topological polar surface area (TPSA) is 160 Å². The number of cyclic esters (lactones) is 2. The molecular weight excluding hydrogens is 596 g/mol. The number of hydrogen-bond donors (Lipinski definition) is 4. The van der Waals surface area contributed by atoms with E-state index in [1.807, 2.05) is 0 Å². The standard InChI is InChI=1S/C29H30F4N2O9/c1-12-24(37)18(8-7-14-9-17(30)21(32)22(33)20(14)31)34-27(39)23(35-26(38)16-5-3-4-6-19(16)36)13(2)43-29(41)25(44-28(12)40)15-10-42-11-15/h3-6,9,12-13,15,18,23-25,36-37H,7-8,10-11H2,1-2H3,(H,34,39)(H,35,38)/t12-,13-,18?,23+,24+,25?/m1/s1. The number of aromatic hydroxyl groups is 1. The average Bonchev–Trinajstić information content (AvgIpc) is 2.96.